The minimum atomic E-state index is -1.17. The number of anilines is 1. The van der Waals surface area contributed by atoms with Crippen molar-refractivity contribution in [2.24, 2.45) is 23.7 Å². The van der Waals surface area contributed by atoms with E-state index in [0.29, 0.717) is 17.7 Å². The molecule has 1 aliphatic heterocycles. The van der Waals surface area contributed by atoms with Crippen LogP contribution in [0, 0.1) is 23.7 Å². The third-order valence-electron chi connectivity index (χ3n) is 6.05. The van der Waals surface area contributed by atoms with Gasteiger partial charge in [0.05, 0.1) is 5.92 Å². The Morgan fingerprint density at radius 2 is 1.70 bits per heavy atom. The summed E-state index contributed by atoms with van der Waals surface area (Å²) in [6.45, 7) is 1.53. The van der Waals surface area contributed by atoms with Gasteiger partial charge in [0.2, 0.25) is 5.91 Å². The van der Waals surface area contributed by atoms with Crippen molar-refractivity contribution < 1.29 is 19.5 Å². The number of likely N-dealkylation sites (tertiary alicyclic amines) is 1. The quantitative estimate of drug-likeness (QED) is 0.816. The van der Waals surface area contributed by atoms with Gasteiger partial charge in [-0.3, -0.25) is 9.59 Å². The van der Waals surface area contributed by atoms with Crippen molar-refractivity contribution >= 4 is 23.5 Å². The number of benzene rings is 1. The Morgan fingerprint density at radius 1 is 1.00 bits per heavy atom. The van der Waals surface area contributed by atoms with E-state index >= 15 is 0 Å². The van der Waals surface area contributed by atoms with E-state index in [2.05, 4.69) is 5.32 Å². The first kappa shape index (κ1) is 17.8. The van der Waals surface area contributed by atoms with Gasteiger partial charge in [-0.05, 0) is 55.7 Å². The highest BCUT2D eigenvalue weighted by Gasteiger charge is 2.48. The number of carbonyl (C=O) groups is 3. The molecule has 2 fully saturated rings. The number of allylic oxidation sites excluding steroid dienone is 2. The van der Waals surface area contributed by atoms with Gasteiger partial charge in [-0.1, -0.05) is 18.2 Å². The van der Waals surface area contributed by atoms with Crippen molar-refractivity contribution in [3.63, 3.8) is 0 Å². The molecule has 1 saturated heterocycles. The van der Waals surface area contributed by atoms with Crippen molar-refractivity contribution in [3.05, 3.63) is 42.0 Å². The largest absolute Gasteiger partial charge is 0.550 e. The van der Waals surface area contributed by atoms with Crippen LogP contribution in [0.3, 0.4) is 0 Å². The highest BCUT2D eigenvalue weighted by Crippen LogP contribution is 2.48. The molecular formula is C21H23N2O4-. The van der Waals surface area contributed by atoms with Gasteiger partial charge >= 0.3 is 0 Å². The number of amides is 2. The van der Waals surface area contributed by atoms with Crippen LogP contribution in [-0.4, -0.2) is 35.8 Å². The molecule has 1 aromatic carbocycles. The van der Waals surface area contributed by atoms with Crippen LogP contribution in [0.5, 0.6) is 0 Å². The van der Waals surface area contributed by atoms with Crippen molar-refractivity contribution in [2.45, 2.75) is 25.7 Å². The van der Waals surface area contributed by atoms with E-state index in [9.17, 15) is 19.5 Å². The first-order valence-electron chi connectivity index (χ1n) is 9.64. The molecule has 2 bridgehead atoms. The summed E-state index contributed by atoms with van der Waals surface area (Å²) in [4.78, 5) is 38.8. The van der Waals surface area contributed by atoms with Gasteiger partial charge in [-0.2, -0.15) is 0 Å². The minimum absolute atomic E-state index is 0.0266. The van der Waals surface area contributed by atoms with Crippen molar-refractivity contribution in [1.82, 2.24) is 4.90 Å². The summed E-state index contributed by atoms with van der Waals surface area (Å²) >= 11 is 0. The predicted molar refractivity (Wildman–Crippen MR) is 97.6 cm³/mol. The SMILES string of the molecule is O=C([O-])[C@@H]1[C@@H](C(=O)Nc2cccc(C(=O)N3CCCCC3)c2)[C@H]2C=C[C@H]1C2. The van der Waals surface area contributed by atoms with Gasteiger partial charge < -0.3 is 20.1 Å². The number of fused-ring (bicyclic) bond motifs is 2. The van der Waals surface area contributed by atoms with E-state index in [1.807, 2.05) is 17.1 Å². The zero-order valence-corrected chi connectivity index (χ0v) is 15.1. The van der Waals surface area contributed by atoms with E-state index in [4.69, 9.17) is 0 Å². The van der Waals surface area contributed by atoms with Crippen molar-refractivity contribution in [1.29, 1.82) is 0 Å². The van der Waals surface area contributed by atoms with Gasteiger partial charge in [0.25, 0.3) is 5.91 Å². The molecule has 0 radical (unpaired) electrons. The summed E-state index contributed by atoms with van der Waals surface area (Å²) in [5.74, 6) is -3.09. The number of carboxylic acid groups (broad SMARTS) is 1. The summed E-state index contributed by atoms with van der Waals surface area (Å²) in [6.07, 6.45) is 7.69. The van der Waals surface area contributed by atoms with Crippen LogP contribution in [-0.2, 0) is 9.59 Å². The van der Waals surface area contributed by atoms with Crippen LogP contribution in [0.4, 0.5) is 5.69 Å². The second kappa shape index (κ2) is 7.18. The Balaban J connectivity index is 1.48. The van der Waals surface area contributed by atoms with E-state index in [-0.39, 0.29) is 23.7 Å². The minimum Gasteiger partial charge on any atom is -0.550 e. The fraction of sp³-hybridized carbons (Fsp3) is 0.476. The number of aliphatic carboxylic acids is 1. The number of carbonyl (C=O) groups excluding carboxylic acids is 3. The first-order valence-corrected chi connectivity index (χ1v) is 9.64. The maximum absolute atomic E-state index is 12.8. The zero-order chi connectivity index (χ0) is 19.0. The number of piperidine rings is 1. The van der Waals surface area contributed by atoms with E-state index in [0.717, 1.165) is 32.4 Å². The lowest BCUT2D eigenvalue weighted by atomic mass is 9.82. The summed E-state index contributed by atoms with van der Waals surface area (Å²) in [7, 11) is 0. The molecule has 0 unspecified atom stereocenters. The molecule has 1 aromatic rings. The van der Waals surface area contributed by atoms with Crippen molar-refractivity contribution in [2.75, 3.05) is 18.4 Å². The summed E-state index contributed by atoms with van der Waals surface area (Å²) in [5, 5.41) is 14.3. The lowest BCUT2D eigenvalue weighted by Crippen LogP contribution is -2.42. The van der Waals surface area contributed by atoms with E-state index < -0.39 is 17.8 Å². The van der Waals surface area contributed by atoms with Gasteiger partial charge in [0, 0.05) is 36.2 Å². The molecule has 0 spiro atoms. The van der Waals surface area contributed by atoms with Gasteiger partial charge in [0.15, 0.2) is 0 Å². The van der Waals surface area contributed by atoms with Crippen LogP contribution in [0.25, 0.3) is 0 Å². The molecule has 1 saturated carbocycles. The topological polar surface area (TPSA) is 89.5 Å². The number of rotatable bonds is 4. The summed E-state index contributed by atoms with van der Waals surface area (Å²) in [6, 6.07) is 6.88. The lowest BCUT2D eigenvalue weighted by molar-refractivity contribution is -0.313. The second-order valence-electron chi connectivity index (χ2n) is 7.74. The standard InChI is InChI=1S/C21H24N2O4/c24-19(17-13-7-8-14(11-13)18(17)21(26)27)22-16-6-4-5-15(12-16)20(25)23-9-2-1-3-10-23/h4-8,12-14,17-18H,1-3,9-11H2,(H,22,24)(H,26,27)/p-1/t13-,14-,17-,18-/m0/s1. The molecule has 6 heteroatoms. The molecule has 6 nitrogen and oxygen atoms in total. The van der Waals surface area contributed by atoms with E-state index in [1.165, 1.54) is 0 Å². The molecule has 0 aromatic heterocycles. The predicted octanol–water partition coefficient (Wildman–Crippen LogP) is 1.44. The molecule has 1 N–H and O–H groups in total. The highest BCUT2D eigenvalue weighted by atomic mass is 16.4. The molecule has 1 heterocycles. The van der Waals surface area contributed by atoms with E-state index in [1.54, 1.807) is 24.3 Å². The van der Waals surface area contributed by atoms with Crippen LogP contribution in [0.15, 0.2) is 36.4 Å². The monoisotopic (exact) mass is 367 g/mol. The Morgan fingerprint density at radius 3 is 2.41 bits per heavy atom. The average Bonchev–Trinajstić information content (AvgIpc) is 3.30. The maximum atomic E-state index is 12.8. The van der Waals surface area contributed by atoms with Crippen molar-refractivity contribution in [3.8, 4) is 0 Å². The zero-order valence-electron chi connectivity index (χ0n) is 15.1. The summed E-state index contributed by atoms with van der Waals surface area (Å²) < 4.78 is 0. The number of hydrogen-bond acceptors (Lipinski definition) is 4. The highest BCUT2D eigenvalue weighted by molar-refractivity contribution is 5.99. The van der Waals surface area contributed by atoms with Gasteiger partial charge in [-0.25, -0.2) is 0 Å². The smallest absolute Gasteiger partial charge is 0.253 e. The van der Waals surface area contributed by atoms with Gasteiger partial charge in [0.1, 0.15) is 0 Å². The Kier molecular flexibility index (Phi) is 4.72. The fourth-order valence-electron chi connectivity index (χ4n) is 4.74. The average molecular weight is 367 g/mol. The Labute approximate surface area is 158 Å². The molecule has 4 rings (SSSR count). The van der Waals surface area contributed by atoms with Crippen LogP contribution in [0.1, 0.15) is 36.0 Å². The second-order valence-corrected chi connectivity index (χ2v) is 7.74. The molecule has 4 atom stereocenters. The molecular weight excluding hydrogens is 344 g/mol. The van der Waals surface area contributed by atoms with Crippen LogP contribution < -0.4 is 10.4 Å². The lowest BCUT2D eigenvalue weighted by Gasteiger charge is -2.28. The number of nitrogens with zero attached hydrogens (tertiary/aromatic N) is 1. The molecule has 27 heavy (non-hydrogen) atoms. The molecule has 2 amide bonds. The Hall–Kier alpha value is -2.63. The fourth-order valence-corrected chi connectivity index (χ4v) is 4.74. The third kappa shape index (κ3) is 3.36. The molecule has 2 aliphatic carbocycles. The van der Waals surface area contributed by atoms with Crippen LogP contribution >= 0.6 is 0 Å². The molecule has 142 valence electrons. The Bertz CT molecular complexity index is 797. The summed E-state index contributed by atoms with van der Waals surface area (Å²) in [5.41, 5.74) is 1.06. The van der Waals surface area contributed by atoms with Crippen LogP contribution in [0.2, 0.25) is 0 Å². The number of hydrogen-bond donors (Lipinski definition) is 1. The normalized spacial score (nSPS) is 29.0. The number of nitrogens with one attached hydrogen (secondary N) is 1. The maximum Gasteiger partial charge on any atom is 0.253 e. The first-order chi connectivity index (χ1) is 13.0. The number of carboxylic acids is 1. The van der Waals surface area contributed by atoms with Gasteiger partial charge in [-0.15, -0.1) is 0 Å². The molecule has 3 aliphatic rings. The third-order valence-corrected chi connectivity index (χ3v) is 6.05.